The van der Waals surface area contributed by atoms with E-state index in [1.165, 1.54) is 0 Å². The summed E-state index contributed by atoms with van der Waals surface area (Å²) >= 11 is 11.7. The highest BCUT2D eigenvalue weighted by molar-refractivity contribution is 6.35. The molecule has 0 unspecified atom stereocenters. The smallest absolute Gasteiger partial charge is 0.251 e. The molecule has 0 radical (unpaired) electrons. The quantitative estimate of drug-likeness (QED) is 0.814. The average Bonchev–Trinajstić information content (AvgIpc) is 2.26. The topological polar surface area (TPSA) is 38.3 Å². The molecule has 0 heterocycles. The molecule has 0 spiro atoms. The average molecular weight is 290 g/mol. The van der Waals surface area contributed by atoms with E-state index in [0.717, 1.165) is 6.42 Å². The highest BCUT2D eigenvalue weighted by Crippen LogP contribution is 2.18. The fourth-order valence-corrected chi connectivity index (χ4v) is 1.91. The zero-order valence-electron chi connectivity index (χ0n) is 10.5. The van der Waals surface area contributed by atoms with Crippen LogP contribution in [0.3, 0.4) is 0 Å². The van der Waals surface area contributed by atoms with E-state index in [1.54, 1.807) is 18.2 Å². The molecule has 0 aliphatic carbocycles. The van der Waals surface area contributed by atoms with Crippen molar-refractivity contribution in [1.82, 2.24) is 5.32 Å². The van der Waals surface area contributed by atoms with Crippen molar-refractivity contribution in [3.05, 3.63) is 33.8 Å². The van der Waals surface area contributed by atoms with Crippen molar-refractivity contribution in [3.8, 4) is 0 Å². The highest BCUT2D eigenvalue weighted by atomic mass is 35.5. The molecule has 0 fully saturated rings. The Morgan fingerprint density at radius 1 is 1.28 bits per heavy atom. The van der Waals surface area contributed by atoms with Crippen LogP contribution < -0.4 is 5.32 Å². The van der Waals surface area contributed by atoms with Crippen LogP contribution in [-0.4, -0.2) is 25.2 Å². The van der Waals surface area contributed by atoms with Gasteiger partial charge in [0.05, 0.1) is 6.10 Å². The summed E-state index contributed by atoms with van der Waals surface area (Å²) in [7, 11) is 0. The summed E-state index contributed by atoms with van der Waals surface area (Å²) in [6, 6.07) is 4.77. The number of hydrogen-bond donors (Lipinski definition) is 1. The number of rotatable bonds is 6. The first-order valence-corrected chi connectivity index (χ1v) is 6.60. The van der Waals surface area contributed by atoms with Gasteiger partial charge in [0.1, 0.15) is 0 Å². The van der Waals surface area contributed by atoms with Crippen molar-refractivity contribution >= 4 is 29.1 Å². The first-order valence-electron chi connectivity index (χ1n) is 5.85. The molecule has 0 aromatic heterocycles. The fraction of sp³-hybridized carbons (Fsp3) is 0.462. The Morgan fingerprint density at radius 2 is 1.89 bits per heavy atom. The summed E-state index contributed by atoms with van der Waals surface area (Å²) in [5.41, 5.74) is 0.470. The van der Waals surface area contributed by atoms with E-state index < -0.39 is 0 Å². The van der Waals surface area contributed by atoms with Crippen molar-refractivity contribution in [2.24, 2.45) is 0 Å². The maximum atomic E-state index is 11.8. The minimum atomic E-state index is -0.177. The molecule has 0 saturated heterocycles. The molecule has 5 heteroatoms. The molecule has 18 heavy (non-hydrogen) atoms. The van der Waals surface area contributed by atoms with Crippen molar-refractivity contribution in [3.63, 3.8) is 0 Å². The van der Waals surface area contributed by atoms with Crippen LogP contribution in [-0.2, 0) is 4.74 Å². The zero-order chi connectivity index (χ0) is 13.5. The molecule has 100 valence electrons. The fourth-order valence-electron chi connectivity index (χ4n) is 1.38. The van der Waals surface area contributed by atoms with Crippen LogP contribution in [0.15, 0.2) is 18.2 Å². The second-order valence-corrected chi connectivity index (χ2v) is 5.06. The maximum Gasteiger partial charge on any atom is 0.251 e. The second kappa shape index (κ2) is 7.62. The van der Waals surface area contributed by atoms with E-state index in [2.05, 4.69) is 5.32 Å². The van der Waals surface area contributed by atoms with Gasteiger partial charge in [-0.25, -0.2) is 0 Å². The van der Waals surface area contributed by atoms with Gasteiger partial charge in [-0.1, -0.05) is 23.2 Å². The zero-order valence-corrected chi connectivity index (χ0v) is 12.0. The monoisotopic (exact) mass is 289 g/mol. The molecule has 1 amide bonds. The Morgan fingerprint density at radius 3 is 2.44 bits per heavy atom. The largest absolute Gasteiger partial charge is 0.379 e. The van der Waals surface area contributed by atoms with Gasteiger partial charge in [0.2, 0.25) is 0 Å². The number of amides is 1. The molecule has 1 aromatic carbocycles. The van der Waals surface area contributed by atoms with E-state index >= 15 is 0 Å². The van der Waals surface area contributed by atoms with Gasteiger partial charge in [-0.2, -0.15) is 0 Å². The van der Waals surface area contributed by atoms with Gasteiger partial charge in [0, 0.05) is 28.8 Å². The van der Waals surface area contributed by atoms with Gasteiger partial charge in [0.25, 0.3) is 5.91 Å². The molecule has 0 aliphatic heterocycles. The Kier molecular flexibility index (Phi) is 6.47. The van der Waals surface area contributed by atoms with E-state index in [1.807, 2.05) is 13.8 Å². The number of carbonyl (C=O) groups excluding carboxylic acids is 1. The Labute approximate surface area is 117 Å². The minimum Gasteiger partial charge on any atom is -0.379 e. The van der Waals surface area contributed by atoms with E-state index in [9.17, 15) is 4.79 Å². The lowest BCUT2D eigenvalue weighted by Gasteiger charge is -2.08. The first kappa shape index (κ1) is 15.3. The van der Waals surface area contributed by atoms with Crippen LogP contribution in [0.2, 0.25) is 10.0 Å². The van der Waals surface area contributed by atoms with Crippen LogP contribution in [0.25, 0.3) is 0 Å². The van der Waals surface area contributed by atoms with Crippen molar-refractivity contribution < 1.29 is 9.53 Å². The number of nitrogens with one attached hydrogen (secondary N) is 1. The van der Waals surface area contributed by atoms with Crippen molar-refractivity contribution in [2.75, 3.05) is 13.2 Å². The highest BCUT2D eigenvalue weighted by Gasteiger charge is 2.07. The van der Waals surface area contributed by atoms with Gasteiger partial charge in [-0.15, -0.1) is 0 Å². The summed E-state index contributed by atoms with van der Waals surface area (Å²) in [4.78, 5) is 11.8. The predicted octanol–water partition coefficient (Wildman–Crippen LogP) is 3.54. The summed E-state index contributed by atoms with van der Waals surface area (Å²) in [6.45, 7) is 5.16. The summed E-state index contributed by atoms with van der Waals surface area (Å²) in [6.07, 6.45) is 0.991. The first-order chi connectivity index (χ1) is 8.49. The summed E-state index contributed by atoms with van der Waals surface area (Å²) in [5.74, 6) is -0.177. The van der Waals surface area contributed by atoms with Crippen LogP contribution in [0.4, 0.5) is 0 Å². The predicted molar refractivity (Wildman–Crippen MR) is 74.5 cm³/mol. The molecule has 3 nitrogen and oxygen atoms in total. The standard InChI is InChI=1S/C13H17Cl2NO2/c1-9(2)18-5-3-4-16-13(17)10-6-11(14)8-12(15)7-10/h6-9H,3-5H2,1-2H3,(H,16,17). The molecule has 0 bridgehead atoms. The molecule has 0 atom stereocenters. The number of ether oxygens (including phenoxy) is 1. The third kappa shape index (κ3) is 5.71. The maximum absolute atomic E-state index is 11.8. The number of carbonyl (C=O) groups is 1. The van der Waals surface area contributed by atoms with E-state index in [0.29, 0.717) is 28.8 Å². The Bertz CT molecular complexity index is 388. The lowest BCUT2D eigenvalue weighted by Crippen LogP contribution is -2.25. The van der Waals surface area contributed by atoms with Gasteiger partial charge in [-0.05, 0) is 38.5 Å². The Balaban J connectivity index is 2.36. The SMILES string of the molecule is CC(C)OCCCNC(=O)c1cc(Cl)cc(Cl)c1. The number of hydrogen-bond acceptors (Lipinski definition) is 2. The third-order valence-corrected chi connectivity index (χ3v) is 2.62. The van der Waals surface area contributed by atoms with Crippen molar-refractivity contribution in [2.45, 2.75) is 26.4 Å². The molecule has 0 aliphatic rings. The van der Waals surface area contributed by atoms with Gasteiger partial charge < -0.3 is 10.1 Å². The number of benzene rings is 1. The van der Waals surface area contributed by atoms with E-state index in [-0.39, 0.29) is 12.0 Å². The summed E-state index contributed by atoms with van der Waals surface area (Å²) in [5, 5.41) is 3.70. The molecular weight excluding hydrogens is 273 g/mol. The van der Waals surface area contributed by atoms with Gasteiger partial charge in [0.15, 0.2) is 0 Å². The molecule has 1 aromatic rings. The Hall–Kier alpha value is -0.770. The van der Waals surface area contributed by atoms with E-state index in [4.69, 9.17) is 27.9 Å². The molecule has 1 rings (SSSR count). The van der Waals surface area contributed by atoms with Crippen LogP contribution in [0.5, 0.6) is 0 Å². The van der Waals surface area contributed by atoms with Crippen molar-refractivity contribution in [1.29, 1.82) is 0 Å². The normalized spacial score (nSPS) is 10.7. The molecule has 0 saturated carbocycles. The lowest BCUT2D eigenvalue weighted by atomic mass is 10.2. The van der Waals surface area contributed by atoms with Crippen LogP contribution in [0, 0.1) is 0 Å². The molecular formula is C13H17Cl2NO2. The van der Waals surface area contributed by atoms with Crippen LogP contribution in [0.1, 0.15) is 30.6 Å². The molecule has 1 N–H and O–H groups in total. The lowest BCUT2D eigenvalue weighted by molar-refractivity contribution is 0.0757. The number of halogens is 2. The minimum absolute atomic E-state index is 0.177. The van der Waals surface area contributed by atoms with Gasteiger partial charge >= 0.3 is 0 Å². The second-order valence-electron chi connectivity index (χ2n) is 4.19. The summed E-state index contributed by atoms with van der Waals surface area (Å²) < 4.78 is 5.37. The van der Waals surface area contributed by atoms with Gasteiger partial charge in [-0.3, -0.25) is 4.79 Å². The third-order valence-electron chi connectivity index (χ3n) is 2.18. The van der Waals surface area contributed by atoms with Crippen LogP contribution >= 0.6 is 23.2 Å².